The minimum absolute atomic E-state index is 0.548. The van der Waals surface area contributed by atoms with Gasteiger partial charge in [-0.15, -0.1) is 0 Å². The summed E-state index contributed by atoms with van der Waals surface area (Å²) in [5, 5.41) is 3.82. The molecule has 1 aliphatic carbocycles. The Morgan fingerprint density at radius 2 is 1.85 bits per heavy atom. The highest BCUT2D eigenvalue weighted by molar-refractivity contribution is 5.29. The normalized spacial score (nSPS) is 20.8. The van der Waals surface area contributed by atoms with E-state index in [1.165, 1.54) is 43.2 Å². The Hall–Kier alpha value is -0.820. The molecule has 1 saturated carbocycles. The third-order valence-corrected chi connectivity index (χ3v) is 4.99. The monoisotopic (exact) mass is 273 g/mol. The van der Waals surface area contributed by atoms with Crippen molar-refractivity contribution in [3.63, 3.8) is 0 Å². The lowest BCUT2D eigenvalue weighted by Gasteiger charge is -2.39. The first-order valence-electron chi connectivity index (χ1n) is 8.32. The molecule has 2 rings (SSSR count). The Bertz CT molecular complexity index is 412. The van der Waals surface area contributed by atoms with Crippen LogP contribution in [0.4, 0.5) is 0 Å². The molecule has 0 radical (unpaired) electrons. The van der Waals surface area contributed by atoms with Gasteiger partial charge in [-0.3, -0.25) is 0 Å². The molecule has 20 heavy (non-hydrogen) atoms. The summed E-state index contributed by atoms with van der Waals surface area (Å²) in [4.78, 5) is 0. The molecule has 0 aliphatic heterocycles. The highest BCUT2D eigenvalue weighted by Crippen LogP contribution is 2.43. The van der Waals surface area contributed by atoms with Crippen LogP contribution in [0.3, 0.4) is 0 Å². The molecule has 1 aliphatic rings. The second-order valence-corrected chi connectivity index (χ2v) is 7.29. The second-order valence-electron chi connectivity index (χ2n) is 7.29. The zero-order valence-corrected chi connectivity index (χ0v) is 13.7. The molecule has 0 spiro atoms. The van der Waals surface area contributed by atoms with Crippen molar-refractivity contribution in [1.82, 2.24) is 5.32 Å². The Labute approximate surface area is 125 Å². The molecule has 0 amide bonds. The fourth-order valence-electron chi connectivity index (χ4n) is 3.52. The summed E-state index contributed by atoms with van der Waals surface area (Å²) in [6.07, 6.45) is 6.67. The number of aryl methyl sites for hydroxylation is 1. The van der Waals surface area contributed by atoms with Gasteiger partial charge in [0.15, 0.2) is 0 Å². The average molecular weight is 273 g/mol. The van der Waals surface area contributed by atoms with Crippen molar-refractivity contribution in [3.05, 3.63) is 35.4 Å². The Kier molecular flexibility index (Phi) is 5.26. The van der Waals surface area contributed by atoms with Crippen LogP contribution in [0.2, 0.25) is 0 Å². The number of hydrogen-bond acceptors (Lipinski definition) is 1. The van der Waals surface area contributed by atoms with E-state index in [1.54, 1.807) is 0 Å². The molecule has 0 bridgehead atoms. The maximum Gasteiger partial charge on any atom is 0.0351 e. The van der Waals surface area contributed by atoms with E-state index in [2.05, 4.69) is 57.3 Å². The molecule has 0 aromatic heterocycles. The molecule has 1 aromatic carbocycles. The average Bonchev–Trinajstić information content (AvgIpc) is 2.42. The van der Waals surface area contributed by atoms with E-state index < -0.39 is 0 Å². The van der Waals surface area contributed by atoms with E-state index in [1.807, 2.05) is 0 Å². The smallest absolute Gasteiger partial charge is 0.0351 e. The molecular formula is C19H31N. The number of hydrogen-bond donors (Lipinski definition) is 1. The third kappa shape index (κ3) is 3.85. The maximum absolute atomic E-state index is 3.82. The van der Waals surface area contributed by atoms with Crippen LogP contribution in [0.25, 0.3) is 0 Å². The third-order valence-electron chi connectivity index (χ3n) is 4.99. The standard InChI is InChI=1S/C19H31N/c1-5-14-20-18(17-9-7-6-8-15(17)2)16-10-12-19(3,4)13-11-16/h6-9,16,18,20H,5,10-14H2,1-4H3. The van der Waals surface area contributed by atoms with Crippen LogP contribution in [0.15, 0.2) is 24.3 Å². The van der Waals surface area contributed by atoms with E-state index in [0.29, 0.717) is 11.5 Å². The van der Waals surface area contributed by atoms with Gasteiger partial charge < -0.3 is 5.32 Å². The Morgan fingerprint density at radius 1 is 1.20 bits per heavy atom. The largest absolute Gasteiger partial charge is 0.310 e. The molecule has 0 saturated heterocycles. The summed E-state index contributed by atoms with van der Waals surface area (Å²) in [5.74, 6) is 0.802. The summed E-state index contributed by atoms with van der Waals surface area (Å²) in [5.41, 5.74) is 3.51. The Morgan fingerprint density at radius 3 is 2.45 bits per heavy atom. The molecule has 1 unspecified atom stereocenters. The minimum atomic E-state index is 0.548. The van der Waals surface area contributed by atoms with Gasteiger partial charge in [0, 0.05) is 6.04 Å². The Balaban J connectivity index is 2.14. The molecule has 0 heterocycles. The maximum atomic E-state index is 3.82. The van der Waals surface area contributed by atoms with Crippen molar-refractivity contribution in [2.45, 2.75) is 65.8 Å². The van der Waals surface area contributed by atoms with Gasteiger partial charge in [0.1, 0.15) is 0 Å². The van der Waals surface area contributed by atoms with Gasteiger partial charge in [-0.05, 0) is 68.0 Å². The predicted octanol–water partition coefficient (Wildman–Crippen LogP) is 5.25. The number of nitrogens with one attached hydrogen (secondary N) is 1. The topological polar surface area (TPSA) is 12.0 Å². The lowest BCUT2D eigenvalue weighted by molar-refractivity contribution is 0.161. The molecule has 1 N–H and O–H groups in total. The predicted molar refractivity (Wildman–Crippen MR) is 88.0 cm³/mol. The van der Waals surface area contributed by atoms with Crippen LogP contribution in [-0.4, -0.2) is 6.54 Å². The fourth-order valence-corrected chi connectivity index (χ4v) is 3.52. The highest BCUT2D eigenvalue weighted by Gasteiger charge is 2.32. The molecule has 1 atom stereocenters. The SMILES string of the molecule is CCCNC(c1ccccc1C)C1CCC(C)(C)CC1. The molecule has 112 valence electrons. The first-order valence-corrected chi connectivity index (χ1v) is 8.32. The molecule has 1 fully saturated rings. The number of rotatable bonds is 5. The van der Waals surface area contributed by atoms with Crippen molar-refractivity contribution in [2.24, 2.45) is 11.3 Å². The van der Waals surface area contributed by atoms with Gasteiger partial charge in [-0.2, -0.15) is 0 Å². The van der Waals surface area contributed by atoms with Crippen molar-refractivity contribution >= 4 is 0 Å². The van der Waals surface area contributed by atoms with E-state index in [0.717, 1.165) is 12.5 Å². The van der Waals surface area contributed by atoms with Crippen LogP contribution < -0.4 is 5.32 Å². The summed E-state index contributed by atoms with van der Waals surface area (Å²) in [7, 11) is 0. The minimum Gasteiger partial charge on any atom is -0.310 e. The summed E-state index contributed by atoms with van der Waals surface area (Å²) in [6, 6.07) is 9.47. The van der Waals surface area contributed by atoms with Crippen molar-refractivity contribution in [3.8, 4) is 0 Å². The van der Waals surface area contributed by atoms with Crippen molar-refractivity contribution in [1.29, 1.82) is 0 Å². The first kappa shape index (κ1) is 15.6. The van der Waals surface area contributed by atoms with Crippen LogP contribution in [0, 0.1) is 18.3 Å². The summed E-state index contributed by atoms with van der Waals surface area (Å²) in [6.45, 7) is 10.5. The van der Waals surface area contributed by atoms with Gasteiger partial charge in [-0.25, -0.2) is 0 Å². The molecule has 1 heteroatoms. The van der Waals surface area contributed by atoms with Crippen LogP contribution in [0.5, 0.6) is 0 Å². The van der Waals surface area contributed by atoms with Crippen LogP contribution >= 0.6 is 0 Å². The first-order chi connectivity index (χ1) is 9.53. The van der Waals surface area contributed by atoms with Crippen LogP contribution in [-0.2, 0) is 0 Å². The van der Waals surface area contributed by atoms with Gasteiger partial charge in [0.05, 0.1) is 0 Å². The second kappa shape index (κ2) is 6.76. The van der Waals surface area contributed by atoms with E-state index in [9.17, 15) is 0 Å². The summed E-state index contributed by atoms with van der Waals surface area (Å²) < 4.78 is 0. The van der Waals surface area contributed by atoms with Crippen LogP contribution in [0.1, 0.15) is 70.0 Å². The lowest BCUT2D eigenvalue weighted by atomic mass is 9.70. The zero-order chi connectivity index (χ0) is 14.6. The molecule has 1 aromatic rings. The summed E-state index contributed by atoms with van der Waals surface area (Å²) >= 11 is 0. The quantitative estimate of drug-likeness (QED) is 0.772. The van der Waals surface area contributed by atoms with Gasteiger partial charge in [0.2, 0.25) is 0 Å². The van der Waals surface area contributed by atoms with Crippen molar-refractivity contribution < 1.29 is 0 Å². The fraction of sp³-hybridized carbons (Fsp3) is 0.684. The molecule has 1 nitrogen and oxygen atoms in total. The highest BCUT2D eigenvalue weighted by atomic mass is 14.9. The van der Waals surface area contributed by atoms with E-state index >= 15 is 0 Å². The zero-order valence-electron chi connectivity index (χ0n) is 13.7. The van der Waals surface area contributed by atoms with Gasteiger partial charge in [-0.1, -0.05) is 45.0 Å². The number of benzene rings is 1. The van der Waals surface area contributed by atoms with Gasteiger partial charge >= 0.3 is 0 Å². The lowest BCUT2D eigenvalue weighted by Crippen LogP contribution is -2.33. The van der Waals surface area contributed by atoms with Gasteiger partial charge in [0.25, 0.3) is 0 Å². The molecular weight excluding hydrogens is 242 g/mol. The van der Waals surface area contributed by atoms with E-state index in [-0.39, 0.29) is 0 Å². The van der Waals surface area contributed by atoms with Crippen molar-refractivity contribution in [2.75, 3.05) is 6.54 Å². The van der Waals surface area contributed by atoms with E-state index in [4.69, 9.17) is 0 Å².